The van der Waals surface area contributed by atoms with Crippen LogP contribution in [0.4, 0.5) is 0 Å². The average Bonchev–Trinajstić information content (AvgIpc) is 2.52. The van der Waals surface area contributed by atoms with Crippen LogP contribution in [0.5, 0.6) is 0 Å². The van der Waals surface area contributed by atoms with Crippen LogP contribution in [0.1, 0.15) is 12.8 Å². The van der Waals surface area contributed by atoms with Crippen molar-refractivity contribution in [2.45, 2.75) is 18.2 Å². The van der Waals surface area contributed by atoms with Crippen molar-refractivity contribution in [1.29, 1.82) is 0 Å². The minimum atomic E-state index is -0.797. The maximum absolute atomic E-state index is 11.9. The molecule has 0 spiro atoms. The van der Waals surface area contributed by atoms with Gasteiger partial charge in [-0.15, -0.1) is 24.8 Å². The van der Waals surface area contributed by atoms with Crippen LogP contribution >= 0.6 is 23.2 Å². The molecule has 0 saturated carbocycles. The van der Waals surface area contributed by atoms with E-state index in [2.05, 4.69) is 13.2 Å². The molecule has 0 radical (unpaired) electrons. The molecule has 3 nitrogen and oxygen atoms in total. The number of allylic oxidation sites excluding steroid dienone is 4. The molecule has 0 fully saturated rings. The number of hydrogen-bond donors (Lipinski definition) is 1. The number of aliphatic hydroxyl groups is 1. The molecule has 0 amide bonds. The summed E-state index contributed by atoms with van der Waals surface area (Å²) in [5.41, 5.74) is -0.742. The summed E-state index contributed by atoms with van der Waals surface area (Å²) in [6.07, 6.45) is 4.25. The van der Waals surface area contributed by atoms with E-state index in [1.165, 1.54) is 0 Å². The van der Waals surface area contributed by atoms with Gasteiger partial charge in [0.25, 0.3) is 0 Å². The molecule has 0 heterocycles. The summed E-state index contributed by atoms with van der Waals surface area (Å²) >= 11 is 12.2. The van der Waals surface area contributed by atoms with Crippen LogP contribution in [-0.4, -0.2) is 29.5 Å². The second-order valence-electron chi connectivity index (χ2n) is 4.08. The number of hydrogen-bond acceptors (Lipinski definition) is 3. The summed E-state index contributed by atoms with van der Waals surface area (Å²) in [7, 11) is 0. The van der Waals surface area contributed by atoms with Gasteiger partial charge in [0.15, 0.2) is 5.78 Å². The maximum atomic E-state index is 11.9. The second-order valence-corrected chi connectivity index (χ2v) is 4.90. The predicted molar refractivity (Wildman–Crippen MR) is 72.6 cm³/mol. The molecule has 0 bridgehead atoms. The normalized spacial score (nSPS) is 22.2. The van der Waals surface area contributed by atoms with Crippen molar-refractivity contribution in [3.05, 3.63) is 36.1 Å². The van der Waals surface area contributed by atoms with Crippen LogP contribution in [0.25, 0.3) is 0 Å². The summed E-state index contributed by atoms with van der Waals surface area (Å²) in [5, 5.41) is 8.04. The molecule has 0 aromatic carbocycles. The summed E-state index contributed by atoms with van der Waals surface area (Å²) in [6.45, 7) is 7.26. The van der Waals surface area contributed by atoms with Crippen molar-refractivity contribution < 1.29 is 14.6 Å². The number of rotatable bonds is 7. The van der Waals surface area contributed by atoms with Gasteiger partial charge in [-0.3, -0.25) is 4.79 Å². The molecule has 1 N–H and O–H groups in total. The van der Waals surface area contributed by atoms with Gasteiger partial charge in [0, 0.05) is 0 Å². The first-order chi connectivity index (χ1) is 8.55. The number of ether oxygens (including phenoxy) is 1. The van der Waals surface area contributed by atoms with E-state index in [0.29, 0.717) is 18.6 Å². The Hall–Kier alpha value is -0.770. The fourth-order valence-corrected chi connectivity index (χ4v) is 2.95. The second kappa shape index (κ2) is 6.41. The molecule has 100 valence electrons. The van der Waals surface area contributed by atoms with Gasteiger partial charge >= 0.3 is 0 Å². The number of halogens is 2. The molecule has 5 heteroatoms. The summed E-state index contributed by atoms with van der Waals surface area (Å²) in [6, 6.07) is 0. The Morgan fingerprint density at radius 3 is 2.39 bits per heavy atom. The molecule has 18 heavy (non-hydrogen) atoms. The fourth-order valence-electron chi connectivity index (χ4n) is 2.15. The van der Waals surface area contributed by atoms with E-state index in [0.717, 1.165) is 0 Å². The molecule has 0 aromatic rings. The molecule has 0 aromatic heterocycles. The maximum Gasteiger partial charge on any atom is 0.196 e. The highest BCUT2D eigenvalue weighted by Crippen LogP contribution is 2.51. The highest BCUT2D eigenvalue weighted by molar-refractivity contribution is 6.50. The molecule has 1 unspecified atom stereocenters. The third-order valence-electron chi connectivity index (χ3n) is 2.94. The lowest BCUT2D eigenvalue weighted by Crippen LogP contribution is -2.33. The van der Waals surface area contributed by atoms with E-state index in [9.17, 15) is 4.79 Å². The van der Waals surface area contributed by atoms with Gasteiger partial charge in [-0.2, -0.15) is 0 Å². The van der Waals surface area contributed by atoms with Crippen LogP contribution in [0.15, 0.2) is 36.1 Å². The molecule has 1 atom stereocenters. The third-order valence-corrected chi connectivity index (χ3v) is 3.91. The topological polar surface area (TPSA) is 46.5 Å². The van der Waals surface area contributed by atoms with E-state index in [1.807, 2.05) is 0 Å². The van der Waals surface area contributed by atoms with Crippen molar-refractivity contribution in [2.24, 2.45) is 5.41 Å². The lowest BCUT2D eigenvalue weighted by molar-refractivity contribution is -0.115. The molecule has 1 rings (SSSR count). The number of ketones is 1. The van der Waals surface area contributed by atoms with Crippen LogP contribution in [0, 0.1) is 5.41 Å². The molecule has 0 saturated heterocycles. The smallest absolute Gasteiger partial charge is 0.196 e. The minimum Gasteiger partial charge on any atom is -0.493 e. The Kier molecular flexibility index (Phi) is 5.45. The van der Waals surface area contributed by atoms with E-state index >= 15 is 0 Å². The van der Waals surface area contributed by atoms with Crippen LogP contribution < -0.4 is 0 Å². The van der Waals surface area contributed by atoms with Crippen molar-refractivity contribution >= 4 is 29.0 Å². The molecule has 1 aliphatic carbocycles. The van der Waals surface area contributed by atoms with Gasteiger partial charge in [-0.05, 0) is 12.8 Å². The lowest BCUT2D eigenvalue weighted by Gasteiger charge is -2.32. The van der Waals surface area contributed by atoms with Crippen molar-refractivity contribution in [3.8, 4) is 0 Å². The highest BCUT2D eigenvalue weighted by Gasteiger charge is 2.53. The summed E-state index contributed by atoms with van der Waals surface area (Å²) in [4.78, 5) is 11.9. The fraction of sp³-hybridized carbons (Fsp3) is 0.462. The monoisotopic (exact) mass is 290 g/mol. The van der Waals surface area contributed by atoms with Gasteiger partial charge in [0.2, 0.25) is 0 Å². The number of Topliss-reactive ketones (excluding diaryl/α,β-unsaturated/α-hetero) is 1. The lowest BCUT2D eigenvalue weighted by atomic mass is 9.78. The average molecular weight is 291 g/mol. The first kappa shape index (κ1) is 15.3. The zero-order chi connectivity index (χ0) is 13.8. The van der Waals surface area contributed by atoms with E-state index in [1.54, 1.807) is 12.2 Å². The zero-order valence-electron chi connectivity index (χ0n) is 9.99. The zero-order valence-corrected chi connectivity index (χ0v) is 11.5. The Morgan fingerprint density at radius 1 is 1.39 bits per heavy atom. The van der Waals surface area contributed by atoms with Gasteiger partial charge in [-0.25, -0.2) is 0 Å². The van der Waals surface area contributed by atoms with Crippen molar-refractivity contribution in [3.63, 3.8) is 0 Å². The Balaban J connectivity index is 3.20. The van der Waals surface area contributed by atoms with Crippen LogP contribution in [0.2, 0.25) is 0 Å². The van der Waals surface area contributed by atoms with E-state index in [4.69, 9.17) is 33.0 Å². The SMILES string of the molecule is C=CCC1(CC=C)C(OCCO)=C(Cl)C(=O)C1Cl. The van der Waals surface area contributed by atoms with Gasteiger partial charge in [0.1, 0.15) is 22.8 Å². The summed E-state index contributed by atoms with van der Waals surface area (Å²) < 4.78 is 5.42. The molecule has 0 aliphatic heterocycles. The van der Waals surface area contributed by atoms with Crippen LogP contribution in [-0.2, 0) is 9.53 Å². The molecular formula is C13H16Cl2O3. The van der Waals surface area contributed by atoms with Gasteiger partial charge in [-0.1, -0.05) is 23.8 Å². The standard InChI is InChI=1S/C13H16Cl2O3/c1-3-5-13(6-4-2)11(15)10(17)9(14)12(13)18-8-7-16/h3-4,11,16H,1-2,5-8H2. The highest BCUT2D eigenvalue weighted by atomic mass is 35.5. The predicted octanol–water partition coefficient (Wildman–Crippen LogP) is 2.77. The Labute approximate surface area is 117 Å². The largest absolute Gasteiger partial charge is 0.493 e. The van der Waals surface area contributed by atoms with Gasteiger partial charge < -0.3 is 9.84 Å². The first-order valence-electron chi connectivity index (χ1n) is 5.59. The van der Waals surface area contributed by atoms with Crippen LogP contribution in [0.3, 0.4) is 0 Å². The Morgan fingerprint density at radius 2 is 1.94 bits per heavy atom. The minimum absolute atomic E-state index is 0.00662. The van der Waals surface area contributed by atoms with E-state index in [-0.39, 0.29) is 24.0 Å². The summed E-state index contributed by atoms with van der Waals surface area (Å²) in [5.74, 6) is -0.0158. The first-order valence-corrected chi connectivity index (χ1v) is 6.40. The van der Waals surface area contributed by atoms with E-state index < -0.39 is 10.8 Å². The molecule has 1 aliphatic rings. The Bertz CT molecular complexity index is 378. The number of carbonyl (C=O) groups excluding carboxylic acids is 1. The van der Waals surface area contributed by atoms with Gasteiger partial charge in [0.05, 0.1) is 12.0 Å². The number of alkyl halides is 1. The van der Waals surface area contributed by atoms with Crippen molar-refractivity contribution in [2.75, 3.05) is 13.2 Å². The number of carbonyl (C=O) groups is 1. The van der Waals surface area contributed by atoms with Crippen molar-refractivity contribution in [1.82, 2.24) is 0 Å². The number of aliphatic hydroxyl groups excluding tert-OH is 1. The third kappa shape index (κ3) is 2.48. The molecular weight excluding hydrogens is 275 g/mol. The quantitative estimate of drug-likeness (QED) is 0.579.